The highest BCUT2D eigenvalue weighted by molar-refractivity contribution is 7.19. The SMILES string of the molecule is CC(C)(C)[Si](C)(C)OCc1sc2cnccc2c1Nc1ccc2c(c1)CCC2=O. The Kier molecular flexibility index (Phi) is 5.13. The zero-order valence-electron chi connectivity index (χ0n) is 17.8. The fourth-order valence-corrected chi connectivity index (χ4v) is 5.46. The van der Waals surface area contributed by atoms with E-state index in [0.717, 1.165) is 39.0 Å². The molecule has 0 spiro atoms. The van der Waals surface area contributed by atoms with Crippen LogP contribution in [0, 0.1) is 0 Å². The Morgan fingerprint density at radius 1 is 1.21 bits per heavy atom. The molecule has 0 fully saturated rings. The lowest BCUT2D eigenvalue weighted by molar-refractivity contribution is 0.0994. The first-order chi connectivity index (χ1) is 13.7. The fraction of sp³-hybridized carbons (Fsp3) is 0.391. The van der Waals surface area contributed by atoms with E-state index in [1.807, 2.05) is 24.5 Å². The summed E-state index contributed by atoms with van der Waals surface area (Å²) in [6.07, 6.45) is 5.21. The van der Waals surface area contributed by atoms with Crippen molar-refractivity contribution in [2.45, 2.75) is 58.4 Å². The number of carbonyl (C=O) groups excluding carboxylic acids is 1. The van der Waals surface area contributed by atoms with E-state index in [1.165, 1.54) is 4.88 Å². The molecule has 152 valence electrons. The summed E-state index contributed by atoms with van der Waals surface area (Å²) < 4.78 is 7.67. The highest BCUT2D eigenvalue weighted by Crippen LogP contribution is 2.41. The maximum absolute atomic E-state index is 11.9. The highest BCUT2D eigenvalue weighted by atomic mass is 32.1. The maximum Gasteiger partial charge on any atom is 0.192 e. The summed E-state index contributed by atoms with van der Waals surface area (Å²) in [7, 11) is -1.85. The molecule has 2 aromatic heterocycles. The largest absolute Gasteiger partial charge is 0.412 e. The summed E-state index contributed by atoms with van der Waals surface area (Å²) in [4.78, 5) is 17.4. The van der Waals surface area contributed by atoms with Gasteiger partial charge in [-0.1, -0.05) is 20.8 Å². The number of carbonyl (C=O) groups is 1. The number of fused-ring (bicyclic) bond motifs is 2. The van der Waals surface area contributed by atoms with Gasteiger partial charge in [0.05, 0.1) is 21.9 Å². The second-order valence-electron chi connectivity index (χ2n) is 9.24. The molecule has 6 heteroatoms. The molecular weight excluding hydrogens is 396 g/mol. The van der Waals surface area contributed by atoms with Crippen LogP contribution in [-0.4, -0.2) is 19.1 Å². The van der Waals surface area contributed by atoms with Gasteiger partial charge in [-0.3, -0.25) is 9.78 Å². The van der Waals surface area contributed by atoms with Crippen LogP contribution in [0.15, 0.2) is 36.7 Å². The third kappa shape index (κ3) is 3.89. The van der Waals surface area contributed by atoms with Crippen molar-refractivity contribution in [2.24, 2.45) is 0 Å². The van der Waals surface area contributed by atoms with Crippen LogP contribution in [0.2, 0.25) is 18.1 Å². The third-order valence-electron chi connectivity index (χ3n) is 6.23. The van der Waals surface area contributed by atoms with Crippen LogP contribution in [0.4, 0.5) is 11.4 Å². The van der Waals surface area contributed by atoms with Crippen LogP contribution >= 0.6 is 11.3 Å². The summed E-state index contributed by atoms with van der Waals surface area (Å²) in [5.74, 6) is 0.252. The number of nitrogens with one attached hydrogen (secondary N) is 1. The number of pyridine rings is 1. The number of anilines is 2. The van der Waals surface area contributed by atoms with Crippen molar-refractivity contribution < 1.29 is 9.22 Å². The molecular formula is C23H28N2O2SSi. The Labute approximate surface area is 177 Å². The van der Waals surface area contributed by atoms with Gasteiger partial charge in [-0.2, -0.15) is 0 Å². The van der Waals surface area contributed by atoms with Crippen molar-refractivity contribution in [1.29, 1.82) is 0 Å². The second kappa shape index (κ2) is 7.34. The lowest BCUT2D eigenvalue weighted by Gasteiger charge is -2.36. The summed E-state index contributed by atoms with van der Waals surface area (Å²) in [6.45, 7) is 12.0. The zero-order valence-corrected chi connectivity index (χ0v) is 19.6. The maximum atomic E-state index is 11.9. The Morgan fingerprint density at radius 3 is 2.76 bits per heavy atom. The predicted molar refractivity (Wildman–Crippen MR) is 124 cm³/mol. The Morgan fingerprint density at radius 2 is 2.00 bits per heavy atom. The minimum absolute atomic E-state index is 0.172. The number of ketones is 1. The number of aromatic nitrogens is 1. The zero-order chi connectivity index (χ0) is 20.8. The van der Waals surface area contributed by atoms with Crippen LogP contribution in [0.5, 0.6) is 0 Å². The monoisotopic (exact) mass is 424 g/mol. The smallest absolute Gasteiger partial charge is 0.192 e. The molecule has 0 saturated carbocycles. The van der Waals surface area contributed by atoms with Gasteiger partial charge in [0.2, 0.25) is 0 Å². The molecule has 1 aliphatic carbocycles. The molecule has 3 aromatic rings. The molecule has 0 unspecified atom stereocenters. The summed E-state index contributed by atoms with van der Waals surface area (Å²) in [5, 5.41) is 4.96. The minimum Gasteiger partial charge on any atom is -0.412 e. The topological polar surface area (TPSA) is 51.2 Å². The highest BCUT2D eigenvalue weighted by Gasteiger charge is 2.37. The minimum atomic E-state index is -1.85. The van der Waals surface area contributed by atoms with Crippen LogP contribution in [0.25, 0.3) is 10.1 Å². The second-order valence-corrected chi connectivity index (χ2v) is 15.2. The molecule has 4 nitrogen and oxygen atoms in total. The number of thiophene rings is 1. The number of benzene rings is 1. The van der Waals surface area contributed by atoms with Gasteiger partial charge in [-0.05, 0) is 54.4 Å². The van der Waals surface area contributed by atoms with Crippen LogP contribution in [0.3, 0.4) is 0 Å². The van der Waals surface area contributed by atoms with Crippen molar-refractivity contribution in [3.63, 3.8) is 0 Å². The van der Waals surface area contributed by atoms with Gasteiger partial charge >= 0.3 is 0 Å². The van der Waals surface area contributed by atoms with Crippen LogP contribution in [-0.2, 0) is 17.5 Å². The van der Waals surface area contributed by atoms with Gasteiger partial charge in [0, 0.05) is 35.5 Å². The summed E-state index contributed by atoms with van der Waals surface area (Å²) in [5.41, 5.74) is 4.12. The predicted octanol–water partition coefficient (Wildman–Crippen LogP) is 6.69. The first kappa shape index (κ1) is 20.3. The van der Waals surface area contributed by atoms with Crippen molar-refractivity contribution in [1.82, 2.24) is 4.98 Å². The molecule has 0 aliphatic heterocycles. The molecule has 2 heterocycles. The lowest BCUT2D eigenvalue weighted by Crippen LogP contribution is -2.40. The molecule has 0 radical (unpaired) electrons. The van der Waals surface area contributed by atoms with E-state index < -0.39 is 8.32 Å². The van der Waals surface area contributed by atoms with Gasteiger partial charge in [0.1, 0.15) is 0 Å². The van der Waals surface area contributed by atoms with Crippen molar-refractivity contribution in [2.75, 3.05) is 5.32 Å². The molecule has 0 bridgehead atoms. The van der Waals surface area contributed by atoms with E-state index in [0.29, 0.717) is 13.0 Å². The van der Waals surface area contributed by atoms with Gasteiger partial charge in [-0.25, -0.2) is 0 Å². The van der Waals surface area contributed by atoms with Crippen molar-refractivity contribution >= 4 is 46.9 Å². The van der Waals surface area contributed by atoms with E-state index in [-0.39, 0.29) is 10.8 Å². The fourth-order valence-electron chi connectivity index (χ4n) is 3.38. The van der Waals surface area contributed by atoms with Crippen molar-refractivity contribution in [3.8, 4) is 0 Å². The summed E-state index contributed by atoms with van der Waals surface area (Å²) >= 11 is 1.74. The van der Waals surface area contributed by atoms with E-state index in [1.54, 1.807) is 11.3 Å². The Hall–Kier alpha value is -2.02. The van der Waals surface area contributed by atoms with Crippen LogP contribution < -0.4 is 5.32 Å². The molecule has 1 aliphatic rings. The first-order valence-corrected chi connectivity index (χ1v) is 13.8. The molecule has 0 amide bonds. The quantitative estimate of drug-likeness (QED) is 0.464. The molecule has 29 heavy (non-hydrogen) atoms. The van der Waals surface area contributed by atoms with E-state index in [9.17, 15) is 4.79 Å². The summed E-state index contributed by atoms with van der Waals surface area (Å²) in [6, 6.07) is 8.13. The number of nitrogens with zero attached hydrogens (tertiary/aromatic N) is 1. The number of hydrogen-bond donors (Lipinski definition) is 1. The average Bonchev–Trinajstić information content (AvgIpc) is 3.20. The van der Waals surface area contributed by atoms with Gasteiger partial charge in [0.25, 0.3) is 0 Å². The molecule has 0 saturated heterocycles. The van der Waals surface area contributed by atoms with Crippen LogP contribution in [0.1, 0.15) is 48.0 Å². The number of rotatable bonds is 5. The molecule has 1 aromatic carbocycles. The van der Waals surface area contributed by atoms with E-state index >= 15 is 0 Å². The van der Waals surface area contributed by atoms with E-state index in [2.05, 4.69) is 56.3 Å². The standard InChI is InChI=1S/C23H28N2O2SSi/c1-23(2,3)29(4,5)27-14-21-22(18-10-11-24-13-20(18)28-21)25-16-7-8-17-15(12-16)6-9-19(17)26/h7-8,10-13,25H,6,9,14H2,1-5H3. The Balaban J connectivity index is 1.66. The van der Waals surface area contributed by atoms with E-state index in [4.69, 9.17) is 4.43 Å². The Bertz CT molecular complexity index is 1080. The third-order valence-corrected chi connectivity index (χ3v) is 11.8. The average molecular weight is 425 g/mol. The number of Topliss-reactive ketones (excluding diaryl/α,β-unsaturated/α-hetero) is 1. The lowest BCUT2D eigenvalue weighted by atomic mass is 10.1. The molecule has 0 atom stereocenters. The van der Waals surface area contributed by atoms with Gasteiger partial charge in [-0.15, -0.1) is 11.3 Å². The first-order valence-electron chi connectivity index (χ1n) is 10.1. The number of aryl methyl sites for hydroxylation is 1. The van der Waals surface area contributed by atoms with Crippen molar-refractivity contribution in [3.05, 3.63) is 52.7 Å². The molecule has 1 N–H and O–H groups in total. The molecule has 4 rings (SSSR count). The van der Waals surface area contributed by atoms with Gasteiger partial charge in [0.15, 0.2) is 14.1 Å². The number of hydrogen-bond acceptors (Lipinski definition) is 5. The van der Waals surface area contributed by atoms with Gasteiger partial charge < -0.3 is 9.74 Å². The normalized spacial score (nSPS) is 14.4.